The molecule has 0 saturated heterocycles. The van der Waals surface area contributed by atoms with Crippen LogP contribution in [0.4, 0.5) is 0 Å². The first kappa shape index (κ1) is 16.0. The molecule has 3 heteroatoms. The fourth-order valence-corrected chi connectivity index (χ4v) is 2.01. The SMILES string of the molecule is CCN(CC)CCOc1ccc(CC(C)NC)cc1. The van der Waals surface area contributed by atoms with Gasteiger partial charge in [-0.2, -0.15) is 0 Å². The van der Waals surface area contributed by atoms with Crippen molar-refractivity contribution in [3.8, 4) is 5.75 Å². The number of benzene rings is 1. The lowest BCUT2D eigenvalue weighted by molar-refractivity contribution is 0.223. The van der Waals surface area contributed by atoms with Crippen LogP contribution in [-0.2, 0) is 6.42 Å². The average molecular weight is 264 g/mol. The summed E-state index contributed by atoms with van der Waals surface area (Å²) in [6, 6.07) is 8.95. The third kappa shape index (κ3) is 6.08. The van der Waals surface area contributed by atoms with Crippen molar-refractivity contribution in [3.05, 3.63) is 29.8 Å². The summed E-state index contributed by atoms with van der Waals surface area (Å²) in [6.45, 7) is 10.5. The van der Waals surface area contributed by atoms with Gasteiger partial charge in [0.2, 0.25) is 0 Å². The summed E-state index contributed by atoms with van der Waals surface area (Å²) >= 11 is 0. The maximum absolute atomic E-state index is 5.77. The van der Waals surface area contributed by atoms with Gasteiger partial charge in [-0.25, -0.2) is 0 Å². The Hall–Kier alpha value is -1.06. The van der Waals surface area contributed by atoms with Crippen molar-refractivity contribution < 1.29 is 4.74 Å². The number of rotatable bonds is 9. The van der Waals surface area contributed by atoms with Gasteiger partial charge in [0.05, 0.1) is 0 Å². The summed E-state index contributed by atoms with van der Waals surface area (Å²) in [5, 5.41) is 3.25. The zero-order valence-electron chi connectivity index (χ0n) is 12.8. The number of ether oxygens (including phenoxy) is 1. The van der Waals surface area contributed by atoms with Crippen molar-refractivity contribution in [3.63, 3.8) is 0 Å². The second-order valence-corrected chi connectivity index (χ2v) is 4.91. The van der Waals surface area contributed by atoms with E-state index in [2.05, 4.69) is 55.3 Å². The molecule has 0 aromatic heterocycles. The van der Waals surface area contributed by atoms with E-state index in [9.17, 15) is 0 Å². The van der Waals surface area contributed by atoms with E-state index >= 15 is 0 Å². The van der Waals surface area contributed by atoms with E-state index in [1.165, 1.54) is 5.56 Å². The lowest BCUT2D eigenvalue weighted by atomic mass is 10.1. The molecule has 0 aliphatic heterocycles. The minimum atomic E-state index is 0.509. The van der Waals surface area contributed by atoms with Gasteiger partial charge in [-0.05, 0) is 51.2 Å². The number of hydrogen-bond acceptors (Lipinski definition) is 3. The Morgan fingerprint density at radius 2 is 1.79 bits per heavy atom. The summed E-state index contributed by atoms with van der Waals surface area (Å²) in [7, 11) is 2.00. The molecule has 1 atom stereocenters. The van der Waals surface area contributed by atoms with Crippen molar-refractivity contribution in [2.24, 2.45) is 0 Å². The molecule has 0 heterocycles. The van der Waals surface area contributed by atoms with Gasteiger partial charge in [0, 0.05) is 12.6 Å². The molecule has 1 unspecified atom stereocenters. The molecule has 108 valence electrons. The van der Waals surface area contributed by atoms with Crippen LogP contribution < -0.4 is 10.1 Å². The topological polar surface area (TPSA) is 24.5 Å². The third-order valence-corrected chi connectivity index (χ3v) is 3.53. The van der Waals surface area contributed by atoms with E-state index in [4.69, 9.17) is 4.74 Å². The number of nitrogens with one attached hydrogen (secondary N) is 1. The Morgan fingerprint density at radius 1 is 1.16 bits per heavy atom. The molecule has 1 N–H and O–H groups in total. The molecule has 0 fully saturated rings. The van der Waals surface area contributed by atoms with Crippen LogP contribution in [0.15, 0.2) is 24.3 Å². The van der Waals surface area contributed by atoms with E-state index < -0.39 is 0 Å². The Morgan fingerprint density at radius 3 is 2.32 bits per heavy atom. The highest BCUT2D eigenvalue weighted by Gasteiger charge is 2.02. The first-order chi connectivity index (χ1) is 9.19. The number of likely N-dealkylation sites (N-methyl/N-ethyl adjacent to an activating group) is 2. The molecule has 0 spiro atoms. The van der Waals surface area contributed by atoms with Crippen molar-refractivity contribution in [1.29, 1.82) is 0 Å². The third-order valence-electron chi connectivity index (χ3n) is 3.53. The fraction of sp³-hybridized carbons (Fsp3) is 0.625. The van der Waals surface area contributed by atoms with Gasteiger partial charge >= 0.3 is 0 Å². The normalized spacial score (nSPS) is 12.7. The van der Waals surface area contributed by atoms with Gasteiger partial charge in [-0.3, -0.25) is 0 Å². The molecule has 0 aliphatic carbocycles. The standard InChI is InChI=1S/C16H28N2O/c1-5-18(6-2)11-12-19-16-9-7-15(8-10-16)13-14(3)17-4/h7-10,14,17H,5-6,11-13H2,1-4H3. The highest BCUT2D eigenvalue weighted by Crippen LogP contribution is 2.13. The van der Waals surface area contributed by atoms with Crippen LogP contribution in [0.3, 0.4) is 0 Å². The monoisotopic (exact) mass is 264 g/mol. The maximum atomic E-state index is 5.77. The second-order valence-electron chi connectivity index (χ2n) is 4.91. The van der Waals surface area contributed by atoms with E-state index in [0.717, 1.165) is 38.4 Å². The molecule has 1 rings (SSSR count). The van der Waals surface area contributed by atoms with Gasteiger partial charge in [-0.15, -0.1) is 0 Å². The summed E-state index contributed by atoms with van der Waals surface area (Å²) < 4.78 is 5.77. The van der Waals surface area contributed by atoms with Crippen LogP contribution >= 0.6 is 0 Å². The number of nitrogens with zero attached hydrogens (tertiary/aromatic N) is 1. The van der Waals surface area contributed by atoms with Gasteiger partial charge in [0.25, 0.3) is 0 Å². The second kappa shape index (κ2) is 8.94. The predicted octanol–water partition coefficient (Wildman–Crippen LogP) is 2.56. The molecule has 0 amide bonds. The zero-order chi connectivity index (χ0) is 14.1. The largest absolute Gasteiger partial charge is 0.492 e. The smallest absolute Gasteiger partial charge is 0.119 e. The summed E-state index contributed by atoms with van der Waals surface area (Å²) in [6.07, 6.45) is 1.05. The molecule has 0 aliphatic rings. The zero-order valence-corrected chi connectivity index (χ0v) is 12.8. The van der Waals surface area contributed by atoms with E-state index in [0.29, 0.717) is 6.04 Å². The lowest BCUT2D eigenvalue weighted by Gasteiger charge is -2.18. The van der Waals surface area contributed by atoms with Crippen LogP contribution in [0.25, 0.3) is 0 Å². The van der Waals surface area contributed by atoms with Gasteiger partial charge in [-0.1, -0.05) is 26.0 Å². The first-order valence-corrected chi connectivity index (χ1v) is 7.30. The molecule has 1 aromatic rings. The van der Waals surface area contributed by atoms with Crippen LogP contribution in [0.1, 0.15) is 26.3 Å². The van der Waals surface area contributed by atoms with Crippen molar-refractivity contribution in [1.82, 2.24) is 10.2 Å². The predicted molar refractivity (Wildman–Crippen MR) is 82.0 cm³/mol. The maximum Gasteiger partial charge on any atom is 0.119 e. The summed E-state index contributed by atoms with van der Waals surface area (Å²) in [4.78, 5) is 2.36. The van der Waals surface area contributed by atoms with Crippen molar-refractivity contribution in [2.75, 3.05) is 33.3 Å². The van der Waals surface area contributed by atoms with Crippen LogP contribution in [-0.4, -0.2) is 44.2 Å². The lowest BCUT2D eigenvalue weighted by Crippen LogP contribution is -2.27. The molecule has 0 bridgehead atoms. The van der Waals surface area contributed by atoms with Crippen LogP contribution in [0.2, 0.25) is 0 Å². The fourth-order valence-electron chi connectivity index (χ4n) is 2.01. The van der Waals surface area contributed by atoms with Crippen LogP contribution in [0, 0.1) is 0 Å². The average Bonchev–Trinajstić information content (AvgIpc) is 2.45. The molecular formula is C16H28N2O. The van der Waals surface area contributed by atoms with Crippen molar-refractivity contribution >= 4 is 0 Å². The Kier molecular flexibility index (Phi) is 7.53. The van der Waals surface area contributed by atoms with Gasteiger partial charge < -0.3 is 15.0 Å². The minimum Gasteiger partial charge on any atom is -0.492 e. The van der Waals surface area contributed by atoms with Crippen LogP contribution in [0.5, 0.6) is 5.75 Å². The highest BCUT2D eigenvalue weighted by atomic mass is 16.5. The quantitative estimate of drug-likeness (QED) is 0.742. The van der Waals surface area contributed by atoms with Gasteiger partial charge in [0.1, 0.15) is 12.4 Å². The highest BCUT2D eigenvalue weighted by molar-refractivity contribution is 5.27. The Balaban J connectivity index is 2.35. The Bertz CT molecular complexity index is 333. The number of hydrogen-bond donors (Lipinski definition) is 1. The van der Waals surface area contributed by atoms with Gasteiger partial charge in [0.15, 0.2) is 0 Å². The van der Waals surface area contributed by atoms with Crippen molar-refractivity contribution in [2.45, 2.75) is 33.2 Å². The molecule has 0 radical (unpaired) electrons. The van der Waals surface area contributed by atoms with E-state index in [1.807, 2.05) is 7.05 Å². The summed E-state index contributed by atoms with van der Waals surface area (Å²) in [5.74, 6) is 0.966. The van der Waals surface area contributed by atoms with E-state index in [1.54, 1.807) is 0 Å². The first-order valence-electron chi connectivity index (χ1n) is 7.30. The molecule has 0 saturated carbocycles. The van der Waals surface area contributed by atoms with E-state index in [-0.39, 0.29) is 0 Å². The minimum absolute atomic E-state index is 0.509. The molecule has 3 nitrogen and oxygen atoms in total. The molecular weight excluding hydrogens is 236 g/mol. The molecule has 1 aromatic carbocycles. The Labute approximate surface area is 118 Å². The summed E-state index contributed by atoms with van der Waals surface area (Å²) in [5.41, 5.74) is 1.35. The molecule has 19 heavy (non-hydrogen) atoms.